The van der Waals surface area contributed by atoms with Crippen LogP contribution in [0.2, 0.25) is 0 Å². The molecule has 0 aromatic heterocycles. The maximum Gasteiger partial charge on any atom is 0.0599 e. The largest absolute Gasteiger partial charge is 0.378 e. The first-order valence-corrected chi connectivity index (χ1v) is 5.80. The van der Waals surface area contributed by atoms with Crippen LogP contribution in [-0.4, -0.2) is 43.8 Å². The standard InChI is InChI=1S/C11H22N2O/c1-13-4-2-11(3-5-13)14-8-9-6-10(12)7-9/h9-11H,2-8,12H2,1H3. The number of rotatable bonds is 3. The maximum absolute atomic E-state index is 5.90. The number of hydrogen-bond donors (Lipinski definition) is 1. The Hall–Kier alpha value is -0.120. The van der Waals surface area contributed by atoms with Gasteiger partial charge in [0.2, 0.25) is 0 Å². The normalized spacial score (nSPS) is 35.6. The molecule has 14 heavy (non-hydrogen) atoms. The monoisotopic (exact) mass is 198 g/mol. The Morgan fingerprint density at radius 1 is 1.29 bits per heavy atom. The molecule has 1 aliphatic carbocycles. The lowest BCUT2D eigenvalue weighted by molar-refractivity contribution is -0.0215. The fourth-order valence-corrected chi connectivity index (χ4v) is 2.35. The molecule has 3 heteroatoms. The summed E-state index contributed by atoms with van der Waals surface area (Å²) in [5, 5.41) is 0. The first-order valence-electron chi connectivity index (χ1n) is 5.80. The van der Waals surface area contributed by atoms with Gasteiger partial charge in [-0.25, -0.2) is 0 Å². The van der Waals surface area contributed by atoms with Crippen LogP contribution in [0.5, 0.6) is 0 Å². The Kier molecular flexibility index (Phi) is 3.42. The SMILES string of the molecule is CN1CCC(OCC2CC(N)C2)CC1. The van der Waals surface area contributed by atoms with Crippen molar-refractivity contribution in [2.24, 2.45) is 11.7 Å². The highest BCUT2D eigenvalue weighted by molar-refractivity contribution is 4.82. The molecule has 0 aromatic carbocycles. The molecule has 82 valence electrons. The molecule has 0 amide bonds. The summed E-state index contributed by atoms with van der Waals surface area (Å²) in [6.07, 6.45) is 5.27. The van der Waals surface area contributed by atoms with Gasteiger partial charge in [-0.15, -0.1) is 0 Å². The molecule has 0 bridgehead atoms. The van der Waals surface area contributed by atoms with Crippen molar-refractivity contribution in [2.45, 2.75) is 37.8 Å². The van der Waals surface area contributed by atoms with Gasteiger partial charge in [0.1, 0.15) is 0 Å². The molecule has 2 rings (SSSR count). The number of likely N-dealkylation sites (tertiary alicyclic amines) is 1. The maximum atomic E-state index is 5.90. The van der Waals surface area contributed by atoms with Crippen molar-refractivity contribution >= 4 is 0 Å². The molecule has 1 saturated carbocycles. The van der Waals surface area contributed by atoms with E-state index in [1.807, 2.05) is 0 Å². The van der Waals surface area contributed by atoms with Crippen LogP contribution < -0.4 is 5.73 Å². The third kappa shape index (κ3) is 2.69. The van der Waals surface area contributed by atoms with E-state index < -0.39 is 0 Å². The van der Waals surface area contributed by atoms with E-state index in [0.29, 0.717) is 12.1 Å². The molecule has 1 heterocycles. The van der Waals surface area contributed by atoms with Crippen molar-refractivity contribution in [3.05, 3.63) is 0 Å². The summed E-state index contributed by atoms with van der Waals surface area (Å²) in [4.78, 5) is 2.37. The van der Waals surface area contributed by atoms with Crippen LogP contribution in [-0.2, 0) is 4.74 Å². The van der Waals surface area contributed by atoms with Crippen LogP contribution in [0.3, 0.4) is 0 Å². The molecule has 0 unspecified atom stereocenters. The van der Waals surface area contributed by atoms with Crippen molar-refractivity contribution < 1.29 is 4.74 Å². The predicted molar refractivity (Wildman–Crippen MR) is 57.2 cm³/mol. The van der Waals surface area contributed by atoms with E-state index in [1.54, 1.807) is 0 Å². The summed E-state index contributed by atoms with van der Waals surface area (Å²) in [7, 11) is 2.18. The van der Waals surface area contributed by atoms with E-state index in [2.05, 4.69) is 11.9 Å². The Balaban J connectivity index is 1.57. The molecule has 2 N–H and O–H groups in total. The second-order valence-corrected chi connectivity index (χ2v) is 4.93. The van der Waals surface area contributed by atoms with Crippen LogP contribution in [0.15, 0.2) is 0 Å². The van der Waals surface area contributed by atoms with Gasteiger partial charge in [-0.1, -0.05) is 0 Å². The summed E-state index contributed by atoms with van der Waals surface area (Å²) in [5.74, 6) is 0.754. The molecule has 2 fully saturated rings. The van der Waals surface area contributed by atoms with Gasteiger partial charge in [-0.3, -0.25) is 0 Å². The lowest BCUT2D eigenvalue weighted by Crippen LogP contribution is -2.40. The number of piperidine rings is 1. The van der Waals surface area contributed by atoms with Crippen molar-refractivity contribution in [3.8, 4) is 0 Å². The Labute approximate surface area is 86.6 Å². The minimum Gasteiger partial charge on any atom is -0.378 e. The van der Waals surface area contributed by atoms with Gasteiger partial charge in [0.05, 0.1) is 6.10 Å². The molecular formula is C11H22N2O. The van der Waals surface area contributed by atoms with Crippen molar-refractivity contribution in [1.82, 2.24) is 4.90 Å². The average Bonchev–Trinajstić information content (AvgIpc) is 2.13. The molecule has 0 aromatic rings. The third-order valence-electron chi connectivity index (χ3n) is 3.51. The first-order chi connectivity index (χ1) is 6.74. The van der Waals surface area contributed by atoms with Gasteiger partial charge < -0.3 is 15.4 Å². The zero-order valence-electron chi connectivity index (χ0n) is 9.11. The summed E-state index contributed by atoms with van der Waals surface area (Å²) in [6, 6.07) is 0.459. The van der Waals surface area contributed by atoms with Crippen molar-refractivity contribution in [2.75, 3.05) is 26.7 Å². The molecular weight excluding hydrogens is 176 g/mol. The number of ether oxygens (including phenoxy) is 1. The summed E-state index contributed by atoms with van der Waals surface area (Å²) in [5.41, 5.74) is 5.73. The Bertz CT molecular complexity index is 172. The predicted octanol–water partition coefficient (Wildman–Crippen LogP) is 0.834. The van der Waals surface area contributed by atoms with Crippen LogP contribution >= 0.6 is 0 Å². The quantitative estimate of drug-likeness (QED) is 0.730. The molecule has 0 radical (unpaired) electrons. The lowest BCUT2D eigenvalue weighted by Gasteiger charge is -2.35. The van der Waals surface area contributed by atoms with Gasteiger partial charge in [-0.05, 0) is 38.6 Å². The molecule has 1 aliphatic heterocycles. The zero-order valence-corrected chi connectivity index (χ0v) is 9.11. The highest BCUT2D eigenvalue weighted by Crippen LogP contribution is 2.26. The Morgan fingerprint density at radius 2 is 1.93 bits per heavy atom. The molecule has 1 saturated heterocycles. The average molecular weight is 198 g/mol. The first kappa shape index (κ1) is 10.4. The van der Waals surface area contributed by atoms with Crippen LogP contribution in [0.25, 0.3) is 0 Å². The third-order valence-corrected chi connectivity index (χ3v) is 3.51. The number of hydrogen-bond acceptors (Lipinski definition) is 3. The van der Waals surface area contributed by atoms with E-state index in [0.717, 1.165) is 12.5 Å². The summed E-state index contributed by atoms with van der Waals surface area (Å²) < 4.78 is 5.90. The smallest absolute Gasteiger partial charge is 0.0599 e. The topological polar surface area (TPSA) is 38.5 Å². The highest BCUT2D eigenvalue weighted by atomic mass is 16.5. The molecule has 0 atom stereocenters. The van der Waals surface area contributed by atoms with Crippen LogP contribution in [0.4, 0.5) is 0 Å². The zero-order chi connectivity index (χ0) is 9.97. The van der Waals surface area contributed by atoms with Gasteiger partial charge >= 0.3 is 0 Å². The number of nitrogens with two attached hydrogens (primary N) is 1. The summed E-state index contributed by atoms with van der Waals surface area (Å²) in [6.45, 7) is 3.33. The van der Waals surface area contributed by atoms with E-state index in [4.69, 9.17) is 10.5 Å². The van der Waals surface area contributed by atoms with E-state index >= 15 is 0 Å². The highest BCUT2D eigenvalue weighted by Gasteiger charge is 2.27. The number of nitrogens with zero attached hydrogens (tertiary/aromatic N) is 1. The fourth-order valence-electron chi connectivity index (χ4n) is 2.35. The lowest BCUT2D eigenvalue weighted by atomic mass is 9.81. The fraction of sp³-hybridized carbons (Fsp3) is 1.00. The van der Waals surface area contributed by atoms with Gasteiger partial charge in [0.15, 0.2) is 0 Å². The second kappa shape index (κ2) is 4.60. The molecule has 3 nitrogen and oxygen atoms in total. The minimum absolute atomic E-state index is 0.459. The van der Waals surface area contributed by atoms with Crippen LogP contribution in [0.1, 0.15) is 25.7 Å². The molecule has 0 spiro atoms. The van der Waals surface area contributed by atoms with E-state index in [9.17, 15) is 0 Å². The summed E-state index contributed by atoms with van der Waals surface area (Å²) >= 11 is 0. The van der Waals surface area contributed by atoms with Gasteiger partial charge in [-0.2, -0.15) is 0 Å². The minimum atomic E-state index is 0.459. The van der Waals surface area contributed by atoms with Crippen molar-refractivity contribution in [3.63, 3.8) is 0 Å². The van der Waals surface area contributed by atoms with Crippen molar-refractivity contribution in [1.29, 1.82) is 0 Å². The van der Waals surface area contributed by atoms with Crippen LogP contribution in [0, 0.1) is 5.92 Å². The Morgan fingerprint density at radius 3 is 2.50 bits per heavy atom. The van der Waals surface area contributed by atoms with Gasteiger partial charge in [0, 0.05) is 25.7 Å². The molecule has 2 aliphatic rings. The van der Waals surface area contributed by atoms with E-state index in [-0.39, 0.29) is 0 Å². The van der Waals surface area contributed by atoms with E-state index in [1.165, 1.54) is 38.8 Å². The second-order valence-electron chi connectivity index (χ2n) is 4.93. The van der Waals surface area contributed by atoms with Gasteiger partial charge in [0.25, 0.3) is 0 Å².